The lowest BCUT2D eigenvalue weighted by Crippen LogP contribution is -2.29. The zero-order valence-electron chi connectivity index (χ0n) is 36.2. The van der Waals surface area contributed by atoms with Gasteiger partial charge in [0.25, 0.3) is 0 Å². The second-order valence-corrected chi connectivity index (χ2v) is 17.4. The van der Waals surface area contributed by atoms with Crippen molar-refractivity contribution in [3.8, 4) is 66.8 Å². The van der Waals surface area contributed by atoms with Crippen LogP contribution in [0.3, 0.4) is 0 Å². The summed E-state index contributed by atoms with van der Waals surface area (Å²) in [5, 5.41) is 2.51. The summed E-state index contributed by atoms with van der Waals surface area (Å²) in [6, 6.07) is 95.7. The van der Waals surface area contributed by atoms with E-state index in [1.807, 2.05) is 0 Å². The van der Waals surface area contributed by atoms with Crippen LogP contribution in [0.2, 0.25) is 0 Å². The van der Waals surface area contributed by atoms with E-state index in [9.17, 15) is 0 Å². The van der Waals surface area contributed by atoms with E-state index < -0.39 is 0 Å². The number of rotatable bonds is 7. The quantitative estimate of drug-likeness (QED) is 0.145. The number of para-hydroxylation sites is 4. The number of hydrogen-bond acceptors (Lipinski definition) is 1. The minimum Gasteiger partial charge on any atom is -0.311 e. The minimum atomic E-state index is 0.592. The van der Waals surface area contributed by atoms with Gasteiger partial charge >= 0.3 is 0 Å². The van der Waals surface area contributed by atoms with Crippen LogP contribution in [0.25, 0.3) is 77.5 Å². The topological polar surface area (TPSA) is 3.24 Å². The van der Waals surface area contributed by atoms with Crippen LogP contribution >= 0.6 is 0 Å². The van der Waals surface area contributed by atoms with Gasteiger partial charge in [-0.3, -0.25) is 0 Å². The maximum Gasteiger partial charge on any atom is 0.164 e. The van der Waals surface area contributed by atoms with Crippen LogP contribution in [0.5, 0.6) is 0 Å². The number of anilines is 3. The monoisotopic (exact) mass is 839 g/mol. The van der Waals surface area contributed by atoms with E-state index in [1.54, 1.807) is 0 Å². The normalized spacial score (nSPS) is 12.7. The Morgan fingerprint density at radius 1 is 0.227 bits per heavy atom. The summed E-state index contributed by atoms with van der Waals surface area (Å²) >= 11 is 0. The van der Waals surface area contributed by atoms with E-state index >= 15 is 0 Å². The van der Waals surface area contributed by atoms with Crippen molar-refractivity contribution in [2.45, 2.75) is 0 Å². The van der Waals surface area contributed by atoms with Gasteiger partial charge in [0.15, 0.2) is 22.7 Å². The van der Waals surface area contributed by atoms with Gasteiger partial charge in [0.2, 0.25) is 0 Å². The molecule has 66 heavy (non-hydrogen) atoms. The van der Waals surface area contributed by atoms with Crippen molar-refractivity contribution in [3.05, 3.63) is 261 Å². The maximum absolute atomic E-state index is 2.36. The van der Waals surface area contributed by atoms with E-state index in [1.165, 1.54) is 100 Å². The van der Waals surface area contributed by atoms with Gasteiger partial charge < -0.3 is 4.90 Å². The minimum absolute atomic E-state index is 0.592. The summed E-state index contributed by atoms with van der Waals surface area (Å²) in [7, 11) is 0. The van der Waals surface area contributed by atoms with Crippen LogP contribution in [-0.4, -0.2) is 0 Å². The highest BCUT2D eigenvalue weighted by atomic mass is 15.4. The lowest BCUT2D eigenvalue weighted by molar-refractivity contribution is 0.741. The fourth-order valence-corrected chi connectivity index (χ4v) is 10.9. The molecule has 11 aromatic rings. The van der Waals surface area contributed by atoms with Gasteiger partial charge in [-0.05, 0) is 116 Å². The molecule has 2 nitrogen and oxygen atoms in total. The van der Waals surface area contributed by atoms with Crippen molar-refractivity contribution in [1.82, 2.24) is 4.48 Å². The van der Waals surface area contributed by atoms with Crippen LogP contribution in [0.15, 0.2) is 261 Å². The first-order chi connectivity index (χ1) is 32.7. The third-order valence-electron chi connectivity index (χ3n) is 13.9. The number of benzene rings is 11. The summed E-state index contributed by atoms with van der Waals surface area (Å²) in [5.41, 5.74) is 23.3. The third-order valence-corrected chi connectivity index (χ3v) is 13.9. The van der Waals surface area contributed by atoms with Crippen LogP contribution < -0.4 is 9.38 Å². The number of nitrogens with zero attached hydrogens (tertiary/aromatic N) is 2. The second-order valence-electron chi connectivity index (χ2n) is 17.4. The van der Waals surface area contributed by atoms with Crippen molar-refractivity contribution >= 4 is 50.6 Å². The molecule has 308 valence electrons. The van der Waals surface area contributed by atoms with Gasteiger partial charge in [0, 0.05) is 40.8 Å². The Morgan fingerprint density at radius 2 is 0.576 bits per heavy atom. The molecule has 0 unspecified atom stereocenters. The first-order valence-corrected chi connectivity index (χ1v) is 22.8. The fourth-order valence-electron chi connectivity index (χ4n) is 10.9. The van der Waals surface area contributed by atoms with Gasteiger partial charge in [-0.1, -0.05) is 176 Å². The average molecular weight is 840 g/mol. The number of hydrogen-bond donors (Lipinski definition) is 0. The van der Waals surface area contributed by atoms with Crippen LogP contribution in [0, 0.1) is 0 Å². The number of fused-ring (bicyclic) bond motifs is 11. The van der Waals surface area contributed by atoms with Crippen molar-refractivity contribution in [2.75, 3.05) is 4.90 Å². The molecule has 11 aromatic carbocycles. The molecule has 0 fully saturated rings. The van der Waals surface area contributed by atoms with Crippen LogP contribution in [0.4, 0.5) is 39.8 Å². The summed E-state index contributed by atoms with van der Waals surface area (Å²) in [6.07, 6.45) is 0. The van der Waals surface area contributed by atoms with Gasteiger partial charge in [-0.15, -0.1) is 0 Å². The summed E-state index contributed by atoms with van der Waals surface area (Å²) in [4.78, 5) is 2.36. The molecule has 2 heteroatoms. The summed E-state index contributed by atoms with van der Waals surface area (Å²) in [5.74, 6) is 0. The van der Waals surface area contributed by atoms with E-state index in [0.717, 1.165) is 17.1 Å². The molecule has 0 radical (unpaired) electrons. The van der Waals surface area contributed by atoms with Gasteiger partial charge in [-0.2, -0.15) is 4.48 Å². The van der Waals surface area contributed by atoms with Crippen LogP contribution in [-0.2, 0) is 0 Å². The Morgan fingerprint density at radius 3 is 1.15 bits per heavy atom. The van der Waals surface area contributed by atoms with E-state index in [-0.39, 0.29) is 0 Å². The molecule has 0 saturated carbocycles. The predicted molar refractivity (Wildman–Crippen MR) is 278 cm³/mol. The molecular formula is C64H43N2+. The average Bonchev–Trinajstić information content (AvgIpc) is 3.87. The molecule has 0 aromatic heterocycles. The largest absolute Gasteiger partial charge is 0.311 e. The van der Waals surface area contributed by atoms with Gasteiger partial charge in [0.1, 0.15) is 0 Å². The number of quaternary nitrogens is 1. The Labute approximate surface area is 385 Å². The molecule has 2 heterocycles. The zero-order valence-corrected chi connectivity index (χ0v) is 36.2. The highest BCUT2D eigenvalue weighted by Crippen LogP contribution is 2.70. The molecule has 0 aliphatic carbocycles. The molecule has 0 bridgehead atoms. The molecular weight excluding hydrogens is 797 g/mol. The van der Waals surface area contributed by atoms with E-state index in [4.69, 9.17) is 0 Å². The fraction of sp³-hybridized carbons (Fsp3) is 0. The molecule has 1 spiro atoms. The molecule has 0 amide bonds. The van der Waals surface area contributed by atoms with Crippen molar-refractivity contribution in [3.63, 3.8) is 0 Å². The highest BCUT2D eigenvalue weighted by Gasteiger charge is 2.55. The molecule has 2 aliphatic rings. The molecule has 13 rings (SSSR count). The van der Waals surface area contributed by atoms with Crippen molar-refractivity contribution in [2.24, 2.45) is 0 Å². The second kappa shape index (κ2) is 15.3. The lowest BCUT2D eigenvalue weighted by atomic mass is 9.95. The van der Waals surface area contributed by atoms with E-state index in [2.05, 4.69) is 266 Å². The van der Waals surface area contributed by atoms with Crippen LogP contribution in [0.1, 0.15) is 0 Å². The Bertz CT molecular complexity index is 3540. The highest BCUT2D eigenvalue weighted by molar-refractivity contribution is 6.14. The Kier molecular flexibility index (Phi) is 8.80. The molecule has 0 saturated heterocycles. The zero-order chi connectivity index (χ0) is 43.6. The molecule has 2 aliphatic heterocycles. The van der Waals surface area contributed by atoms with Gasteiger partial charge in [0.05, 0.1) is 22.3 Å². The molecule has 0 atom stereocenters. The Balaban J connectivity index is 0.866. The first-order valence-electron chi connectivity index (χ1n) is 22.8. The smallest absolute Gasteiger partial charge is 0.164 e. The van der Waals surface area contributed by atoms with E-state index in [0.29, 0.717) is 4.48 Å². The standard InChI is InChI=1S/C64H43N2/c1-2-14-44(15-3-1)46-32-38-51(39-33-46)65(53-42-36-49(37-43-53)55-22-12-17-48-16-4-5-18-54(48)55)52-40-34-47(35-41-52)45-28-30-50(31-29-45)56-23-13-24-60-59-21-8-11-27-63(59)66(64(56)60)61-25-9-6-19-57(61)58-20-7-10-26-62(58)66/h1-43H/q+1. The lowest BCUT2D eigenvalue weighted by Gasteiger charge is -2.32. The maximum atomic E-state index is 2.36. The third kappa shape index (κ3) is 5.86. The Hall–Kier alpha value is -8.56. The summed E-state index contributed by atoms with van der Waals surface area (Å²) in [6.45, 7) is 0. The summed E-state index contributed by atoms with van der Waals surface area (Å²) < 4.78 is 0.592. The van der Waals surface area contributed by atoms with Crippen molar-refractivity contribution < 1.29 is 0 Å². The van der Waals surface area contributed by atoms with Crippen molar-refractivity contribution in [1.29, 1.82) is 0 Å². The predicted octanol–water partition coefficient (Wildman–Crippen LogP) is 18.2. The first kappa shape index (κ1) is 37.9. The molecule has 0 N–H and O–H groups in total. The SMILES string of the molecule is c1ccc(-c2ccc(N(c3ccc(-c4ccc(-c5cccc6c5[N+]5(c7ccccc7-c7ccccc75)c5ccccc5-6)cc4)cc3)c3ccc(-c4cccc5ccccc45)cc3)cc2)cc1. The van der Waals surface area contributed by atoms with Gasteiger partial charge in [-0.25, -0.2) is 0 Å².